The lowest BCUT2D eigenvalue weighted by Gasteiger charge is -2.24. The summed E-state index contributed by atoms with van der Waals surface area (Å²) >= 11 is 0. The second-order valence-electron chi connectivity index (χ2n) is 5.18. The van der Waals surface area contributed by atoms with Crippen LogP contribution in [0.3, 0.4) is 0 Å². The van der Waals surface area contributed by atoms with Crippen LogP contribution in [0.1, 0.15) is 46.0 Å². The number of carbonyl (C=O) groups excluding carboxylic acids is 1. The van der Waals surface area contributed by atoms with E-state index < -0.39 is 11.5 Å². The summed E-state index contributed by atoms with van der Waals surface area (Å²) in [4.78, 5) is 22.2. The molecule has 0 aromatic heterocycles. The Morgan fingerprint density at radius 3 is 2.71 bits per heavy atom. The lowest BCUT2D eigenvalue weighted by Crippen LogP contribution is -2.45. The Balaban J connectivity index is 2.25. The van der Waals surface area contributed by atoms with Crippen molar-refractivity contribution < 1.29 is 19.4 Å². The second-order valence-corrected chi connectivity index (χ2v) is 5.18. The number of hydrogen-bond donors (Lipinski definition) is 2. The molecule has 0 aromatic rings. The van der Waals surface area contributed by atoms with Gasteiger partial charge in [-0.2, -0.15) is 0 Å². The van der Waals surface area contributed by atoms with Crippen molar-refractivity contribution in [3.63, 3.8) is 0 Å². The highest BCUT2D eigenvalue weighted by Gasteiger charge is 2.24. The summed E-state index contributed by atoms with van der Waals surface area (Å²) in [6, 6.07) is 0. The van der Waals surface area contributed by atoms with E-state index in [0.29, 0.717) is 6.42 Å². The monoisotopic (exact) mass is 243 g/mol. The molecule has 1 aliphatic heterocycles. The number of aliphatic carboxylic acids is 1. The Hall–Kier alpha value is -1.10. The highest BCUT2D eigenvalue weighted by Crippen LogP contribution is 2.17. The molecule has 5 nitrogen and oxygen atoms in total. The number of carbonyl (C=O) groups is 2. The van der Waals surface area contributed by atoms with E-state index in [0.717, 1.165) is 25.9 Å². The quantitative estimate of drug-likeness (QED) is 0.737. The minimum Gasteiger partial charge on any atom is -0.481 e. The third kappa shape index (κ3) is 5.68. The third-order valence-electron chi connectivity index (χ3n) is 2.79. The van der Waals surface area contributed by atoms with Crippen LogP contribution in [-0.4, -0.2) is 35.2 Å². The van der Waals surface area contributed by atoms with Gasteiger partial charge in [-0.05, 0) is 33.1 Å². The van der Waals surface area contributed by atoms with Gasteiger partial charge in [-0.3, -0.25) is 9.59 Å². The van der Waals surface area contributed by atoms with E-state index in [1.807, 2.05) is 0 Å². The van der Waals surface area contributed by atoms with Gasteiger partial charge < -0.3 is 15.2 Å². The van der Waals surface area contributed by atoms with Crippen molar-refractivity contribution in [1.82, 2.24) is 5.32 Å². The van der Waals surface area contributed by atoms with Gasteiger partial charge in [0.1, 0.15) is 0 Å². The standard InChI is InChI=1S/C12H21NO4/c1-12(2,8-11(15)16)13-10(14)6-5-9-4-3-7-17-9/h9H,3-8H2,1-2H3,(H,13,14)(H,15,16). The van der Waals surface area contributed by atoms with Gasteiger partial charge >= 0.3 is 5.97 Å². The lowest BCUT2D eigenvalue weighted by atomic mass is 10.00. The van der Waals surface area contributed by atoms with Crippen LogP contribution in [0.2, 0.25) is 0 Å². The van der Waals surface area contributed by atoms with E-state index in [2.05, 4.69) is 5.32 Å². The van der Waals surface area contributed by atoms with Crippen molar-refractivity contribution in [2.45, 2.75) is 57.6 Å². The van der Waals surface area contributed by atoms with E-state index in [1.54, 1.807) is 13.8 Å². The second kappa shape index (κ2) is 6.00. The molecule has 1 heterocycles. The molecule has 0 saturated carbocycles. The van der Waals surface area contributed by atoms with Crippen molar-refractivity contribution in [3.05, 3.63) is 0 Å². The van der Waals surface area contributed by atoms with Gasteiger partial charge in [0, 0.05) is 18.6 Å². The van der Waals surface area contributed by atoms with Crippen molar-refractivity contribution in [1.29, 1.82) is 0 Å². The molecular formula is C12H21NO4. The summed E-state index contributed by atoms with van der Waals surface area (Å²) in [6.07, 6.45) is 3.33. The minimum absolute atomic E-state index is 0.0708. The summed E-state index contributed by atoms with van der Waals surface area (Å²) in [5.74, 6) is -1.01. The first-order chi connectivity index (χ1) is 7.89. The molecule has 0 aromatic carbocycles. The van der Waals surface area contributed by atoms with E-state index in [-0.39, 0.29) is 18.4 Å². The zero-order chi connectivity index (χ0) is 12.9. The van der Waals surface area contributed by atoms with Crippen molar-refractivity contribution in [2.24, 2.45) is 0 Å². The fourth-order valence-corrected chi connectivity index (χ4v) is 2.03. The molecule has 0 radical (unpaired) electrons. The first kappa shape index (κ1) is 14.0. The van der Waals surface area contributed by atoms with Crippen LogP contribution in [0, 0.1) is 0 Å². The van der Waals surface area contributed by atoms with Gasteiger partial charge in [-0.25, -0.2) is 0 Å². The van der Waals surface area contributed by atoms with Crippen LogP contribution in [0.15, 0.2) is 0 Å². The molecule has 0 bridgehead atoms. The molecule has 0 aliphatic carbocycles. The number of hydrogen-bond acceptors (Lipinski definition) is 3. The fourth-order valence-electron chi connectivity index (χ4n) is 2.03. The molecule has 1 unspecified atom stereocenters. The topological polar surface area (TPSA) is 75.6 Å². The van der Waals surface area contributed by atoms with Gasteiger partial charge in [0.25, 0.3) is 0 Å². The molecule has 1 rings (SSSR count). The average Bonchev–Trinajstić information content (AvgIpc) is 2.63. The highest BCUT2D eigenvalue weighted by molar-refractivity contribution is 5.78. The van der Waals surface area contributed by atoms with Gasteiger partial charge in [0.05, 0.1) is 12.5 Å². The number of nitrogens with one attached hydrogen (secondary N) is 1. The summed E-state index contributed by atoms with van der Waals surface area (Å²) in [6.45, 7) is 4.22. The molecule has 1 fully saturated rings. The predicted molar refractivity (Wildman–Crippen MR) is 62.7 cm³/mol. The summed E-state index contributed by atoms with van der Waals surface area (Å²) in [5, 5.41) is 11.4. The lowest BCUT2D eigenvalue weighted by molar-refractivity contribution is -0.138. The number of amides is 1. The Morgan fingerprint density at radius 2 is 2.18 bits per heavy atom. The minimum atomic E-state index is -0.908. The molecule has 2 N–H and O–H groups in total. The van der Waals surface area contributed by atoms with Gasteiger partial charge in [0.15, 0.2) is 0 Å². The van der Waals surface area contributed by atoms with Gasteiger partial charge in [-0.15, -0.1) is 0 Å². The molecule has 1 aliphatic rings. The fraction of sp³-hybridized carbons (Fsp3) is 0.833. The van der Waals surface area contributed by atoms with E-state index in [1.165, 1.54) is 0 Å². The number of carboxylic acid groups (broad SMARTS) is 1. The van der Waals surface area contributed by atoms with Crippen LogP contribution in [0.5, 0.6) is 0 Å². The molecule has 1 atom stereocenters. The van der Waals surface area contributed by atoms with Crippen molar-refractivity contribution in [2.75, 3.05) is 6.61 Å². The molecule has 98 valence electrons. The maximum Gasteiger partial charge on any atom is 0.305 e. The highest BCUT2D eigenvalue weighted by atomic mass is 16.5. The predicted octanol–water partition coefficient (Wildman–Crippen LogP) is 1.32. The Labute approximate surface area is 102 Å². The number of ether oxygens (including phenoxy) is 1. The molecule has 0 spiro atoms. The third-order valence-corrected chi connectivity index (χ3v) is 2.79. The number of carboxylic acids is 1. The van der Waals surface area contributed by atoms with Crippen LogP contribution in [0.25, 0.3) is 0 Å². The average molecular weight is 243 g/mol. The van der Waals surface area contributed by atoms with Crippen LogP contribution in [0.4, 0.5) is 0 Å². The van der Waals surface area contributed by atoms with Crippen molar-refractivity contribution >= 4 is 11.9 Å². The van der Waals surface area contributed by atoms with Crippen LogP contribution in [-0.2, 0) is 14.3 Å². The van der Waals surface area contributed by atoms with Gasteiger partial charge in [-0.1, -0.05) is 0 Å². The number of rotatable bonds is 6. The maximum absolute atomic E-state index is 11.6. The zero-order valence-corrected chi connectivity index (χ0v) is 10.5. The smallest absolute Gasteiger partial charge is 0.305 e. The Bertz CT molecular complexity index is 282. The first-order valence-electron chi connectivity index (χ1n) is 6.03. The van der Waals surface area contributed by atoms with Crippen molar-refractivity contribution in [3.8, 4) is 0 Å². The van der Waals surface area contributed by atoms with E-state index >= 15 is 0 Å². The molecule has 5 heteroatoms. The molecule has 1 saturated heterocycles. The largest absolute Gasteiger partial charge is 0.481 e. The summed E-state index contributed by atoms with van der Waals surface area (Å²) in [5.41, 5.74) is -0.695. The summed E-state index contributed by atoms with van der Waals surface area (Å²) < 4.78 is 5.42. The van der Waals surface area contributed by atoms with E-state index in [9.17, 15) is 9.59 Å². The van der Waals surface area contributed by atoms with Gasteiger partial charge in [0.2, 0.25) is 5.91 Å². The van der Waals surface area contributed by atoms with Crippen LogP contribution >= 0.6 is 0 Å². The first-order valence-corrected chi connectivity index (χ1v) is 6.03. The molecular weight excluding hydrogens is 222 g/mol. The van der Waals surface area contributed by atoms with E-state index in [4.69, 9.17) is 9.84 Å². The summed E-state index contributed by atoms with van der Waals surface area (Å²) in [7, 11) is 0. The Kier molecular flexibility index (Phi) is 4.93. The van der Waals surface area contributed by atoms with Crippen LogP contribution < -0.4 is 5.32 Å². The Morgan fingerprint density at radius 1 is 1.47 bits per heavy atom. The zero-order valence-electron chi connectivity index (χ0n) is 10.5. The maximum atomic E-state index is 11.6. The molecule has 1 amide bonds. The SMILES string of the molecule is CC(C)(CC(=O)O)NC(=O)CCC1CCCO1. The normalized spacial score (nSPS) is 20.2. The molecule has 17 heavy (non-hydrogen) atoms.